The molecule has 0 aliphatic rings. The minimum Gasteiger partial charge on any atom is -0.466 e. The van der Waals surface area contributed by atoms with Gasteiger partial charge in [0.2, 0.25) is 5.91 Å². The standard InChI is InChI=1S/C11H14N2O3/c1-3-16-11(15)8-10(14)13(2)9-4-6-12-7-5-9/h4-7H,3,8H2,1-2H3. The van der Waals surface area contributed by atoms with E-state index in [0.717, 1.165) is 0 Å². The lowest BCUT2D eigenvalue weighted by Crippen LogP contribution is -2.28. The number of rotatable bonds is 4. The molecule has 16 heavy (non-hydrogen) atoms. The zero-order valence-electron chi connectivity index (χ0n) is 9.34. The van der Waals surface area contributed by atoms with E-state index in [1.54, 1.807) is 38.5 Å². The Hall–Kier alpha value is -1.91. The topological polar surface area (TPSA) is 59.5 Å². The normalized spacial score (nSPS) is 9.62. The number of pyridine rings is 1. The first kappa shape index (κ1) is 12.2. The molecule has 1 aromatic rings. The maximum absolute atomic E-state index is 11.6. The Bertz CT molecular complexity index is 365. The Balaban J connectivity index is 2.58. The number of ether oxygens (including phenoxy) is 1. The van der Waals surface area contributed by atoms with Crippen LogP contribution in [0.3, 0.4) is 0 Å². The van der Waals surface area contributed by atoms with E-state index in [1.807, 2.05) is 0 Å². The van der Waals surface area contributed by atoms with E-state index in [0.29, 0.717) is 5.69 Å². The number of carbonyl (C=O) groups excluding carboxylic acids is 2. The van der Waals surface area contributed by atoms with Crippen molar-refractivity contribution in [2.45, 2.75) is 13.3 Å². The second-order valence-corrected chi connectivity index (χ2v) is 3.14. The molecule has 0 aliphatic carbocycles. The van der Waals surface area contributed by atoms with Crippen molar-refractivity contribution in [3.63, 3.8) is 0 Å². The average molecular weight is 222 g/mol. The van der Waals surface area contributed by atoms with Crippen LogP contribution < -0.4 is 4.90 Å². The number of hydrogen-bond donors (Lipinski definition) is 0. The molecule has 0 unspecified atom stereocenters. The van der Waals surface area contributed by atoms with Gasteiger partial charge < -0.3 is 9.64 Å². The van der Waals surface area contributed by atoms with Gasteiger partial charge in [-0.15, -0.1) is 0 Å². The van der Waals surface area contributed by atoms with Crippen molar-refractivity contribution in [3.8, 4) is 0 Å². The fraction of sp³-hybridized carbons (Fsp3) is 0.364. The fourth-order valence-electron chi connectivity index (χ4n) is 1.17. The van der Waals surface area contributed by atoms with Crippen LogP contribution in [0.15, 0.2) is 24.5 Å². The Morgan fingerprint density at radius 1 is 1.38 bits per heavy atom. The summed E-state index contributed by atoms with van der Waals surface area (Å²) >= 11 is 0. The molecule has 0 saturated heterocycles. The van der Waals surface area contributed by atoms with Gasteiger partial charge in [-0.2, -0.15) is 0 Å². The monoisotopic (exact) mass is 222 g/mol. The SMILES string of the molecule is CCOC(=O)CC(=O)N(C)c1ccncc1. The predicted molar refractivity (Wildman–Crippen MR) is 58.9 cm³/mol. The van der Waals surface area contributed by atoms with Gasteiger partial charge in [0.1, 0.15) is 6.42 Å². The maximum atomic E-state index is 11.6. The first-order chi connectivity index (χ1) is 7.65. The van der Waals surface area contributed by atoms with E-state index >= 15 is 0 Å². The molecule has 1 amide bonds. The Kier molecular flexibility index (Phi) is 4.44. The van der Waals surface area contributed by atoms with E-state index in [1.165, 1.54) is 4.90 Å². The minimum absolute atomic E-state index is 0.243. The van der Waals surface area contributed by atoms with Crippen LogP contribution in [0.2, 0.25) is 0 Å². The molecule has 0 aromatic carbocycles. The van der Waals surface area contributed by atoms with Gasteiger partial charge in [0.05, 0.1) is 6.61 Å². The van der Waals surface area contributed by atoms with Crippen LogP contribution >= 0.6 is 0 Å². The summed E-state index contributed by atoms with van der Waals surface area (Å²) in [4.78, 5) is 28.0. The first-order valence-electron chi connectivity index (χ1n) is 4.97. The van der Waals surface area contributed by atoms with Crippen molar-refractivity contribution in [2.24, 2.45) is 0 Å². The van der Waals surface area contributed by atoms with Gasteiger partial charge in [0.25, 0.3) is 0 Å². The Morgan fingerprint density at radius 2 is 2.00 bits per heavy atom. The summed E-state index contributed by atoms with van der Waals surface area (Å²) in [5.74, 6) is -0.807. The molecule has 0 radical (unpaired) electrons. The average Bonchev–Trinajstić information content (AvgIpc) is 2.29. The van der Waals surface area contributed by atoms with Gasteiger partial charge in [-0.3, -0.25) is 14.6 Å². The van der Waals surface area contributed by atoms with Crippen LogP contribution in [0.1, 0.15) is 13.3 Å². The number of hydrogen-bond acceptors (Lipinski definition) is 4. The number of carbonyl (C=O) groups is 2. The molecule has 0 N–H and O–H groups in total. The summed E-state index contributed by atoms with van der Waals surface area (Å²) in [5, 5.41) is 0. The summed E-state index contributed by atoms with van der Waals surface area (Å²) in [7, 11) is 1.61. The third-order valence-corrected chi connectivity index (χ3v) is 2.03. The number of amides is 1. The predicted octanol–water partition coefficient (Wildman–Crippen LogP) is 0.998. The van der Waals surface area contributed by atoms with Gasteiger partial charge >= 0.3 is 5.97 Å². The molecule has 0 atom stereocenters. The number of nitrogens with zero attached hydrogens (tertiary/aromatic N) is 2. The highest BCUT2D eigenvalue weighted by Gasteiger charge is 2.15. The lowest BCUT2D eigenvalue weighted by atomic mass is 10.3. The van der Waals surface area contributed by atoms with Crippen LogP contribution in [0, 0.1) is 0 Å². The van der Waals surface area contributed by atoms with Crippen LogP contribution in [0.4, 0.5) is 5.69 Å². The lowest BCUT2D eigenvalue weighted by Gasteiger charge is -2.16. The van der Waals surface area contributed by atoms with Gasteiger partial charge in [0.15, 0.2) is 0 Å². The van der Waals surface area contributed by atoms with E-state index in [9.17, 15) is 9.59 Å². The summed E-state index contributed by atoms with van der Waals surface area (Å²) in [6.45, 7) is 1.99. The molecule has 1 heterocycles. The molecule has 86 valence electrons. The molecule has 0 fully saturated rings. The van der Waals surface area contributed by atoms with Crippen molar-refractivity contribution in [1.82, 2.24) is 4.98 Å². The van der Waals surface area contributed by atoms with Crippen LogP contribution in [0.25, 0.3) is 0 Å². The molecular weight excluding hydrogens is 208 g/mol. The summed E-state index contributed by atoms with van der Waals surface area (Å²) in [6, 6.07) is 3.39. The van der Waals surface area contributed by atoms with Gasteiger partial charge in [0, 0.05) is 25.1 Å². The van der Waals surface area contributed by atoms with Crippen molar-refractivity contribution in [1.29, 1.82) is 0 Å². The molecule has 5 nitrogen and oxygen atoms in total. The van der Waals surface area contributed by atoms with E-state index in [2.05, 4.69) is 4.98 Å². The van der Waals surface area contributed by atoms with Crippen LogP contribution in [-0.2, 0) is 14.3 Å². The Morgan fingerprint density at radius 3 is 2.56 bits per heavy atom. The smallest absolute Gasteiger partial charge is 0.315 e. The molecule has 0 saturated carbocycles. The summed E-state index contributed by atoms with van der Waals surface area (Å²) in [5.41, 5.74) is 0.698. The third-order valence-electron chi connectivity index (χ3n) is 2.03. The molecular formula is C11H14N2O3. The fourth-order valence-corrected chi connectivity index (χ4v) is 1.17. The van der Waals surface area contributed by atoms with Crippen LogP contribution in [0.5, 0.6) is 0 Å². The highest BCUT2D eigenvalue weighted by atomic mass is 16.5. The second-order valence-electron chi connectivity index (χ2n) is 3.14. The number of aromatic nitrogens is 1. The molecule has 1 aromatic heterocycles. The molecule has 0 bridgehead atoms. The van der Waals surface area contributed by atoms with Crippen molar-refractivity contribution in [3.05, 3.63) is 24.5 Å². The van der Waals surface area contributed by atoms with Crippen molar-refractivity contribution < 1.29 is 14.3 Å². The molecule has 5 heteroatoms. The highest BCUT2D eigenvalue weighted by Crippen LogP contribution is 2.10. The lowest BCUT2D eigenvalue weighted by molar-refractivity contribution is -0.145. The van der Waals surface area contributed by atoms with Gasteiger partial charge in [-0.25, -0.2) is 0 Å². The van der Waals surface area contributed by atoms with E-state index in [4.69, 9.17) is 4.74 Å². The third kappa shape index (κ3) is 3.34. The number of anilines is 1. The van der Waals surface area contributed by atoms with Crippen molar-refractivity contribution >= 4 is 17.6 Å². The maximum Gasteiger partial charge on any atom is 0.315 e. The van der Waals surface area contributed by atoms with E-state index in [-0.39, 0.29) is 18.9 Å². The van der Waals surface area contributed by atoms with Crippen molar-refractivity contribution in [2.75, 3.05) is 18.6 Å². The Labute approximate surface area is 94.0 Å². The van der Waals surface area contributed by atoms with Gasteiger partial charge in [-0.05, 0) is 19.1 Å². The minimum atomic E-state index is -0.506. The zero-order valence-corrected chi connectivity index (χ0v) is 9.34. The molecule has 1 rings (SSSR count). The first-order valence-corrected chi connectivity index (χ1v) is 4.97. The quantitative estimate of drug-likeness (QED) is 0.563. The van der Waals surface area contributed by atoms with E-state index < -0.39 is 5.97 Å². The highest BCUT2D eigenvalue weighted by molar-refractivity contribution is 6.03. The zero-order chi connectivity index (χ0) is 12.0. The van der Waals surface area contributed by atoms with Gasteiger partial charge in [-0.1, -0.05) is 0 Å². The van der Waals surface area contributed by atoms with Crippen LogP contribution in [-0.4, -0.2) is 30.5 Å². The number of esters is 1. The summed E-state index contributed by atoms with van der Waals surface area (Å²) < 4.78 is 4.70. The molecule has 0 aliphatic heterocycles. The second kappa shape index (κ2) is 5.85. The molecule has 0 spiro atoms. The largest absolute Gasteiger partial charge is 0.466 e. The summed E-state index contributed by atoms with van der Waals surface area (Å²) in [6.07, 6.45) is 2.93.